The fourth-order valence-electron chi connectivity index (χ4n) is 4.62. The number of imidazole rings is 1. The van der Waals surface area contributed by atoms with Crippen molar-refractivity contribution < 1.29 is 27.3 Å². The summed E-state index contributed by atoms with van der Waals surface area (Å²) in [6, 6.07) is 9.23. The van der Waals surface area contributed by atoms with Gasteiger partial charge in [0.15, 0.2) is 0 Å². The maximum atomic E-state index is 13.6. The molecule has 0 saturated heterocycles. The Bertz CT molecular complexity index is 1230. The molecule has 5 rings (SSSR count). The van der Waals surface area contributed by atoms with E-state index in [1.54, 1.807) is 31.2 Å². The summed E-state index contributed by atoms with van der Waals surface area (Å²) in [6.07, 6.45) is 0.358. The Kier molecular flexibility index (Phi) is 4.97. The number of alkyl halides is 2. The van der Waals surface area contributed by atoms with Crippen LogP contribution in [0.3, 0.4) is 0 Å². The maximum Gasteiger partial charge on any atom is 0.387 e. The van der Waals surface area contributed by atoms with Crippen molar-refractivity contribution in [1.82, 2.24) is 9.55 Å². The Morgan fingerprint density at radius 1 is 1.35 bits per heavy atom. The van der Waals surface area contributed by atoms with Gasteiger partial charge in [-0.2, -0.15) is 8.78 Å². The molecule has 4 atom stereocenters. The molecule has 0 amide bonds. The van der Waals surface area contributed by atoms with Crippen molar-refractivity contribution in [3.8, 4) is 5.75 Å². The highest BCUT2D eigenvalue weighted by Gasteiger charge is 2.50. The SMILES string of the molecule is CCOC(=O)[C@H]1C2CC(c3c(OC(F)F)cccc3S1=O)n1c2nc2ccc(Cl)cc21. The van der Waals surface area contributed by atoms with Gasteiger partial charge in [-0.3, -0.25) is 9.00 Å². The van der Waals surface area contributed by atoms with Gasteiger partial charge in [0.1, 0.15) is 16.8 Å². The highest BCUT2D eigenvalue weighted by molar-refractivity contribution is 7.86. The van der Waals surface area contributed by atoms with E-state index >= 15 is 0 Å². The van der Waals surface area contributed by atoms with Gasteiger partial charge in [-0.25, -0.2) is 4.98 Å². The number of ether oxygens (including phenoxy) is 2. The van der Waals surface area contributed by atoms with Crippen molar-refractivity contribution in [2.24, 2.45) is 0 Å². The summed E-state index contributed by atoms with van der Waals surface area (Å²) in [7, 11) is -1.84. The Hall–Kier alpha value is -2.52. The largest absolute Gasteiger partial charge is 0.465 e. The summed E-state index contributed by atoms with van der Waals surface area (Å²) >= 11 is 6.21. The molecule has 2 aliphatic rings. The molecule has 162 valence electrons. The number of hydrogen-bond acceptors (Lipinski definition) is 5. The van der Waals surface area contributed by atoms with Crippen molar-refractivity contribution in [2.75, 3.05) is 6.61 Å². The minimum atomic E-state index is -3.05. The molecular weight excluding hydrogens is 450 g/mol. The standard InChI is InChI=1S/C21H17ClF2N2O4S/c1-2-29-20(27)18-11-9-14(26-13-8-10(22)6-7-12(13)25-19(11)26)17-15(30-21(23)24)4-3-5-16(17)31(18)28/h3-8,11,14,18,21H,2,9H2,1H3/t11?,14?,18-,31?/m1/s1. The van der Waals surface area contributed by atoms with Gasteiger partial charge >= 0.3 is 12.6 Å². The zero-order valence-electron chi connectivity index (χ0n) is 16.3. The molecule has 3 aromatic rings. The second kappa shape index (κ2) is 7.56. The number of carbonyl (C=O) groups excluding carboxylic acids is 1. The van der Waals surface area contributed by atoms with Crippen molar-refractivity contribution in [3.63, 3.8) is 0 Å². The molecule has 0 saturated carbocycles. The van der Waals surface area contributed by atoms with Gasteiger partial charge in [-0.05, 0) is 43.7 Å². The van der Waals surface area contributed by atoms with Crippen LogP contribution in [0, 0.1) is 0 Å². The minimum Gasteiger partial charge on any atom is -0.465 e. The molecule has 0 N–H and O–H groups in total. The second-order valence-electron chi connectivity index (χ2n) is 7.35. The van der Waals surface area contributed by atoms with Gasteiger partial charge in [0.25, 0.3) is 0 Å². The van der Waals surface area contributed by atoms with Gasteiger partial charge < -0.3 is 14.0 Å². The molecule has 31 heavy (non-hydrogen) atoms. The fourth-order valence-corrected chi connectivity index (χ4v) is 6.50. The van der Waals surface area contributed by atoms with Crippen molar-refractivity contribution >= 4 is 39.4 Å². The van der Waals surface area contributed by atoms with Gasteiger partial charge in [0.05, 0.1) is 34.5 Å². The molecule has 10 heteroatoms. The quantitative estimate of drug-likeness (QED) is 0.532. The van der Waals surface area contributed by atoms with E-state index in [0.29, 0.717) is 38.8 Å². The topological polar surface area (TPSA) is 70.4 Å². The normalized spacial score (nSPS) is 24.0. The molecule has 0 aliphatic carbocycles. The van der Waals surface area contributed by atoms with Crippen molar-refractivity contribution in [2.45, 2.75) is 42.1 Å². The Morgan fingerprint density at radius 2 is 2.16 bits per heavy atom. The molecule has 1 aromatic heterocycles. The predicted octanol–water partition coefficient (Wildman–Crippen LogP) is 4.42. The van der Waals surface area contributed by atoms with Gasteiger partial charge in [0.2, 0.25) is 0 Å². The van der Waals surface area contributed by atoms with E-state index in [1.807, 2.05) is 4.57 Å². The van der Waals surface area contributed by atoms with Crippen LogP contribution in [0.4, 0.5) is 8.78 Å². The predicted molar refractivity (Wildman–Crippen MR) is 110 cm³/mol. The van der Waals surface area contributed by atoms with Crippen LogP contribution in [0.1, 0.15) is 36.7 Å². The van der Waals surface area contributed by atoms with E-state index in [-0.39, 0.29) is 12.4 Å². The molecule has 2 aliphatic heterocycles. The van der Waals surface area contributed by atoms with Crippen LogP contribution in [-0.2, 0) is 20.3 Å². The molecule has 2 bridgehead atoms. The number of benzene rings is 2. The third-order valence-corrected chi connectivity index (χ3v) is 7.71. The van der Waals surface area contributed by atoms with Crippen LogP contribution >= 0.6 is 11.6 Å². The third kappa shape index (κ3) is 3.13. The highest BCUT2D eigenvalue weighted by atomic mass is 35.5. The van der Waals surface area contributed by atoms with Crippen LogP contribution < -0.4 is 4.74 Å². The number of aromatic nitrogens is 2. The maximum absolute atomic E-state index is 13.6. The van der Waals surface area contributed by atoms with Crippen LogP contribution in [0.2, 0.25) is 5.02 Å². The summed E-state index contributed by atoms with van der Waals surface area (Å²) < 4.78 is 51.8. The zero-order valence-corrected chi connectivity index (χ0v) is 17.8. The van der Waals surface area contributed by atoms with Gasteiger partial charge in [-0.1, -0.05) is 17.7 Å². The lowest BCUT2D eigenvalue weighted by Crippen LogP contribution is -2.34. The number of rotatable bonds is 4. The van der Waals surface area contributed by atoms with E-state index in [4.69, 9.17) is 21.1 Å². The number of carbonyl (C=O) groups is 1. The number of esters is 1. The van der Waals surface area contributed by atoms with Crippen LogP contribution in [-0.4, -0.2) is 38.2 Å². The molecule has 6 nitrogen and oxygen atoms in total. The zero-order chi connectivity index (χ0) is 21.9. The van der Waals surface area contributed by atoms with E-state index in [1.165, 1.54) is 12.1 Å². The first-order valence-electron chi connectivity index (χ1n) is 9.73. The van der Waals surface area contributed by atoms with Crippen LogP contribution in [0.25, 0.3) is 11.0 Å². The summed E-state index contributed by atoms with van der Waals surface area (Å²) in [5.41, 5.74) is 1.73. The Balaban J connectivity index is 1.81. The smallest absolute Gasteiger partial charge is 0.387 e. The third-order valence-electron chi connectivity index (χ3n) is 5.71. The number of halogens is 3. The Morgan fingerprint density at radius 3 is 2.90 bits per heavy atom. The average molecular weight is 467 g/mol. The summed E-state index contributed by atoms with van der Waals surface area (Å²) in [4.78, 5) is 17.8. The van der Waals surface area contributed by atoms with E-state index in [9.17, 15) is 17.8 Å². The van der Waals surface area contributed by atoms with Gasteiger partial charge in [0, 0.05) is 21.4 Å². The van der Waals surface area contributed by atoms with Crippen molar-refractivity contribution in [3.05, 3.63) is 52.8 Å². The number of nitrogens with zero attached hydrogens (tertiary/aromatic N) is 2. The van der Waals surface area contributed by atoms with E-state index < -0.39 is 40.6 Å². The molecule has 2 aromatic carbocycles. The molecule has 3 heterocycles. The second-order valence-corrected chi connectivity index (χ2v) is 9.33. The number of hydrogen-bond donors (Lipinski definition) is 0. The molecule has 0 spiro atoms. The minimum absolute atomic E-state index is 0.0640. The van der Waals surface area contributed by atoms with Crippen LogP contribution in [0.5, 0.6) is 5.75 Å². The summed E-state index contributed by atoms with van der Waals surface area (Å²) in [5, 5.41) is -0.517. The lowest BCUT2D eigenvalue weighted by Gasteiger charge is -2.23. The number of fused-ring (bicyclic) bond motifs is 9. The molecule has 0 radical (unpaired) electrons. The highest BCUT2D eigenvalue weighted by Crippen LogP contribution is 2.52. The molecule has 3 unspecified atom stereocenters. The van der Waals surface area contributed by atoms with E-state index in [2.05, 4.69) is 4.98 Å². The van der Waals surface area contributed by atoms with Crippen molar-refractivity contribution in [1.29, 1.82) is 0 Å². The first-order valence-corrected chi connectivity index (χ1v) is 11.3. The Labute approximate surface area is 183 Å². The molecular formula is C21H17ClF2N2O4S. The summed E-state index contributed by atoms with van der Waals surface area (Å²) in [6.45, 7) is -1.24. The first-order chi connectivity index (χ1) is 14.9. The van der Waals surface area contributed by atoms with Gasteiger partial charge in [-0.15, -0.1) is 0 Å². The monoisotopic (exact) mass is 466 g/mol. The first kappa shape index (κ1) is 20.4. The average Bonchev–Trinajstić information content (AvgIpc) is 3.21. The van der Waals surface area contributed by atoms with E-state index in [0.717, 1.165) is 0 Å². The lowest BCUT2D eigenvalue weighted by atomic mass is 9.95. The fraction of sp³-hybridized carbons (Fsp3) is 0.333. The summed E-state index contributed by atoms with van der Waals surface area (Å²) in [5.74, 6) is -0.615. The molecule has 0 fully saturated rings. The van der Waals surface area contributed by atoms with Crippen LogP contribution in [0.15, 0.2) is 41.3 Å². The lowest BCUT2D eigenvalue weighted by molar-refractivity contribution is -0.143.